The Morgan fingerprint density at radius 2 is 1.85 bits per heavy atom. The molecule has 134 valence electrons. The fraction of sp³-hybridized carbons (Fsp3) is 0.333. The minimum atomic E-state index is -0.255. The number of Topliss-reactive ketones (excluding diaryl/α,β-unsaturated/α-hetero) is 1. The summed E-state index contributed by atoms with van der Waals surface area (Å²) in [6.45, 7) is 0. The Bertz CT molecular complexity index is 911. The van der Waals surface area contributed by atoms with E-state index in [9.17, 15) is 9.18 Å². The Balaban J connectivity index is 1.57. The van der Waals surface area contributed by atoms with Gasteiger partial charge in [0.25, 0.3) is 0 Å². The van der Waals surface area contributed by atoms with Crippen LogP contribution in [0.1, 0.15) is 31.4 Å². The molecule has 0 aliphatic heterocycles. The van der Waals surface area contributed by atoms with Crippen molar-refractivity contribution < 1.29 is 9.18 Å². The molecule has 26 heavy (non-hydrogen) atoms. The van der Waals surface area contributed by atoms with Crippen LogP contribution in [0, 0.1) is 17.7 Å². The molecule has 1 saturated carbocycles. The van der Waals surface area contributed by atoms with Gasteiger partial charge in [-0.1, -0.05) is 17.7 Å². The van der Waals surface area contributed by atoms with Gasteiger partial charge in [-0.2, -0.15) is 5.10 Å². The average Bonchev–Trinajstić information content (AvgIpc) is 3.11. The molecule has 1 fully saturated rings. The number of allylic oxidation sites excluding steroid dienone is 3. The molecule has 0 saturated heterocycles. The van der Waals surface area contributed by atoms with Crippen molar-refractivity contribution in [2.75, 3.05) is 0 Å². The molecule has 0 spiro atoms. The molecule has 2 atom stereocenters. The topological polar surface area (TPSA) is 34.9 Å². The predicted molar refractivity (Wildman–Crippen MR) is 101 cm³/mol. The van der Waals surface area contributed by atoms with E-state index in [-0.39, 0.29) is 17.7 Å². The molecule has 2 bridgehead atoms. The zero-order valence-electron chi connectivity index (χ0n) is 14.6. The van der Waals surface area contributed by atoms with E-state index in [1.54, 1.807) is 16.8 Å². The summed E-state index contributed by atoms with van der Waals surface area (Å²) in [7, 11) is 1.87. The molecule has 0 unspecified atom stereocenters. The second-order valence-corrected chi connectivity index (χ2v) is 7.59. The highest BCUT2D eigenvalue weighted by Gasteiger charge is 2.37. The fourth-order valence-electron chi connectivity index (χ4n) is 3.96. The van der Waals surface area contributed by atoms with E-state index in [1.807, 2.05) is 25.3 Å². The first kappa shape index (κ1) is 17.2. The van der Waals surface area contributed by atoms with Crippen LogP contribution in [0.15, 0.2) is 47.0 Å². The van der Waals surface area contributed by atoms with E-state index < -0.39 is 0 Å². The molecule has 2 aliphatic rings. The number of hydrogen-bond donors (Lipinski definition) is 0. The van der Waals surface area contributed by atoms with Gasteiger partial charge in [0.15, 0.2) is 0 Å². The largest absolute Gasteiger partial charge is 0.299 e. The average molecular weight is 371 g/mol. The number of carbonyl (C=O) groups excluding carboxylic acids is 1. The summed E-state index contributed by atoms with van der Waals surface area (Å²) < 4.78 is 14.9. The molecule has 0 N–H and O–H groups in total. The lowest BCUT2D eigenvalue weighted by molar-refractivity contribution is -0.123. The number of aryl methyl sites for hydroxylation is 1. The van der Waals surface area contributed by atoms with Crippen LogP contribution in [0.25, 0.3) is 17.3 Å². The van der Waals surface area contributed by atoms with Crippen molar-refractivity contribution in [3.05, 3.63) is 58.5 Å². The van der Waals surface area contributed by atoms with Gasteiger partial charge >= 0.3 is 0 Å². The van der Waals surface area contributed by atoms with Gasteiger partial charge in [-0.15, -0.1) is 0 Å². The first-order chi connectivity index (χ1) is 12.5. The summed E-state index contributed by atoms with van der Waals surface area (Å²) in [6, 6.07) is 8.34. The Morgan fingerprint density at radius 3 is 2.58 bits per heavy atom. The van der Waals surface area contributed by atoms with Crippen LogP contribution in [-0.4, -0.2) is 15.6 Å². The third kappa shape index (κ3) is 3.26. The highest BCUT2D eigenvalue weighted by molar-refractivity contribution is 6.30. The lowest BCUT2D eigenvalue weighted by atomic mass is 9.97. The van der Waals surface area contributed by atoms with E-state index in [1.165, 1.54) is 12.1 Å². The minimum absolute atomic E-state index is 0.110. The van der Waals surface area contributed by atoms with Gasteiger partial charge in [-0.3, -0.25) is 9.48 Å². The quantitative estimate of drug-likeness (QED) is 0.751. The van der Waals surface area contributed by atoms with E-state index in [4.69, 9.17) is 11.6 Å². The maximum atomic E-state index is 13.1. The molecule has 2 aromatic rings. The third-order valence-electron chi connectivity index (χ3n) is 5.40. The second-order valence-electron chi connectivity index (χ2n) is 7.13. The minimum Gasteiger partial charge on any atom is -0.299 e. The normalized spacial score (nSPS) is 23.1. The van der Waals surface area contributed by atoms with Crippen molar-refractivity contribution in [3.63, 3.8) is 0 Å². The lowest BCUT2D eigenvalue weighted by Crippen LogP contribution is -2.11. The maximum Gasteiger partial charge on any atom is 0.139 e. The summed E-state index contributed by atoms with van der Waals surface area (Å²) in [5, 5.41) is 5.31. The number of halogens is 2. The molecule has 0 amide bonds. The molecule has 0 radical (unpaired) electrons. The number of hydrogen-bond acceptors (Lipinski definition) is 2. The zero-order chi connectivity index (χ0) is 18.3. The summed E-state index contributed by atoms with van der Waals surface area (Å²) in [6.07, 6.45) is 7.27. The van der Waals surface area contributed by atoms with Crippen LogP contribution >= 0.6 is 11.6 Å². The van der Waals surface area contributed by atoms with E-state index in [0.717, 1.165) is 46.8 Å². The maximum absolute atomic E-state index is 13.1. The fourth-order valence-corrected chi connectivity index (χ4v) is 4.28. The van der Waals surface area contributed by atoms with Crippen LogP contribution in [0.3, 0.4) is 0 Å². The number of benzene rings is 1. The predicted octanol–water partition coefficient (Wildman–Crippen LogP) is 5.12. The first-order valence-electron chi connectivity index (χ1n) is 8.90. The lowest BCUT2D eigenvalue weighted by Gasteiger charge is -2.09. The van der Waals surface area contributed by atoms with E-state index >= 15 is 0 Å². The second kappa shape index (κ2) is 6.84. The molecule has 1 aromatic carbocycles. The monoisotopic (exact) mass is 370 g/mol. The molecule has 2 aliphatic carbocycles. The first-order valence-corrected chi connectivity index (χ1v) is 9.28. The Labute approximate surface area is 157 Å². The van der Waals surface area contributed by atoms with Crippen LogP contribution in [0.4, 0.5) is 4.39 Å². The van der Waals surface area contributed by atoms with Gasteiger partial charge in [0.05, 0.1) is 11.4 Å². The zero-order valence-corrected chi connectivity index (χ0v) is 15.3. The van der Waals surface area contributed by atoms with E-state index in [2.05, 4.69) is 5.10 Å². The highest BCUT2D eigenvalue weighted by Crippen LogP contribution is 2.41. The summed E-state index contributed by atoms with van der Waals surface area (Å²) >= 11 is 6.47. The van der Waals surface area contributed by atoms with Crippen molar-refractivity contribution in [1.29, 1.82) is 0 Å². The van der Waals surface area contributed by atoms with Gasteiger partial charge < -0.3 is 0 Å². The molecular formula is C21H20ClFN2O. The number of rotatable bonds is 3. The van der Waals surface area contributed by atoms with E-state index in [0.29, 0.717) is 12.2 Å². The Hall–Kier alpha value is -2.20. The van der Waals surface area contributed by atoms with Gasteiger partial charge in [0.1, 0.15) is 11.6 Å². The standard InChI is InChI=1S/C21H20ClFN2O/c1-25-20(13-4-7-17(23)8-5-13)12-18(24-25)9-6-14-10-15-2-3-16(21(15)26)11-19(14)22/h4-9,12,15-16H,2-3,10-11H2,1H3/b9-6+/t15-,16+/m0/s1. The number of fused-ring (bicyclic) bond motifs is 2. The van der Waals surface area contributed by atoms with Crippen molar-refractivity contribution >= 4 is 23.5 Å². The number of carbonyl (C=O) groups is 1. The molecule has 5 heteroatoms. The van der Waals surface area contributed by atoms with Gasteiger partial charge in [0.2, 0.25) is 0 Å². The Kier molecular flexibility index (Phi) is 4.53. The molecule has 4 rings (SSSR count). The SMILES string of the molecule is Cn1nc(/C=C/C2=C(Cl)C[C@H]3CC[C@@H](C2)C3=O)cc1-c1ccc(F)cc1. The van der Waals surface area contributed by atoms with Crippen LogP contribution in [0.5, 0.6) is 0 Å². The third-order valence-corrected chi connectivity index (χ3v) is 5.80. The number of aromatic nitrogens is 2. The highest BCUT2D eigenvalue weighted by atomic mass is 35.5. The van der Waals surface area contributed by atoms with Gasteiger partial charge in [-0.25, -0.2) is 4.39 Å². The molecular weight excluding hydrogens is 351 g/mol. The van der Waals surface area contributed by atoms with Gasteiger partial charge in [0, 0.05) is 23.9 Å². The summed E-state index contributed by atoms with van der Waals surface area (Å²) in [4.78, 5) is 12.2. The van der Waals surface area contributed by atoms with Gasteiger partial charge in [-0.05, 0) is 73.2 Å². The van der Waals surface area contributed by atoms with Crippen molar-refractivity contribution in [1.82, 2.24) is 9.78 Å². The number of ketones is 1. The Morgan fingerprint density at radius 1 is 1.15 bits per heavy atom. The van der Waals surface area contributed by atoms with Crippen molar-refractivity contribution in [2.24, 2.45) is 18.9 Å². The van der Waals surface area contributed by atoms with Crippen molar-refractivity contribution in [2.45, 2.75) is 25.7 Å². The summed E-state index contributed by atoms with van der Waals surface area (Å²) in [5.41, 5.74) is 3.68. The van der Waals surface area contributed by atoms with Crippen molar-refractivity contribution in [3.8, 4) is 11.3 Å². The summed E-state index contributed by atoms with van der Waals surface area (Å²) in [5.74, 6) is 0.352. The molecule has 1 aromatic heterocycles. The molecule has 1 heterocycles. The van der Waals surface area contributed by atoms with Crippen LogP contribution in [-0.2, 0) is 11.8 Å². The van der Waals surface area contributed by atoms with Crippen LogP contribution < -0.4 is 0 Å². The number of nitrogens with zero attached hydrogens (tertiary/aromatic N) is 2. The molecule has 3 nitrogen and oxygen atoms in total. The van der Waals surface area contributed by atoms with Crippen LogP contribution in [0.2, 0.25) is 0 Å². The smallest absolute Gasteiger partial charge is 0.139 e.